The van der Waals surface area contributed by atoms with Crippen LogP contribution in [0.25, 0.3) is 0 Å². The van der Waals surface area contributed by atoms with Crippen LogP contribution in [-0.2, 0) is 21.2 Å². The fourth-order valence-corrected chi connectivity index (χ4v) is 3.21. The number of nitrogens with two attached hydrogens (primary N) is 1. The molecule has 1 amide bonds. The van der Waals surface area contributed by atoms with Crippen molar-refractivity contribution in [3.8, 4) is 18.1 Å². The molecule has 0 fully saturated rings. The number of ether oxygens (including phenoxy) is 1. The molecule has 0 radical (unpaired) electrons. The Hall–Kier alpha value is -2.51. The molecule has 0 saturated carbocycles. The van der Waals surface area contributed by atoms with E-state index in [0.29, 0.717) is 25.8 Å². The lowest BCUT2D eigenvalue weighted by Gasteiger charge is -2.12. The number of terminal acetylenes is 1. The van der Waals surface area contributed by atoms with Gasteiger partial charge in [-0.05, 0) is 17.7 Å². The summed E-state index contributed by atoms with van der Waals surface area (Å²) in [5, 5.41) is 15.6. The van der Waals surface area contributed by atoms with Gasteiger partial charge in [0.25, 0.3) is 0 Å². The summed E-state index contributed by atoms with van der Waals surface area (Å²) >= 11 is 0. The van der Waals surface area contributed by atoms with Crippen LogP contribution in [0.4, 0.5) is 4.39 Å². The summed E-state index contributed by atoms with van der Waals surface area (Å²) in [7, 11) is -3.07. The first-order valence-corrected chi connectivity index (χ1v) is 9.29. The minimum Gasteiger partial charge on any atom is -0.492 e. The molecule has 0 spiro atoms. The molecule has 1 aliphatic rings. The number of rotatable bonds is 9. The van der Waals surface area contributed by atoms with E-state index in [1.54, 1.807) is 0 Å². The summed E-state index contributed by atoms with van der Waals surface area (Å²) in [5.74, 6) is 0.721. The lowest BCUT2D eigenvalue weighted by Crippen LogP contribution is -2.29. The second-order valence-corrected chi connectivity index (χ2v) is 7.35. The fraction of sp³-hybridized carbons (Fsp3) is 0.438. The highest BCUT2D eigenvalue weighted by Gasteiger charge is 2.38. The number of benzene rings is 1. The van der Waals surface area contributed by atoms with Gasteiger partial charge in [-0.3, -0.25) is 4.79 Å². The van der Waals surface area contributed by atoms with Crippen molar-refractivity contribution < 1.29 is 22.3 Å². The first-order valence-electron chi connectivity index (χ1n) is 7.74. The van der Waals surface area contributed by atoms with E-state index in [2.05, 4.69) is 21.5 Å². The van der Waals surface area contributed by atoms with Crippen LogP contribution in [0.1, 0.15) is 24.8 Å². The third-order valence-corrected chi connectivity index (χ3v) is 4.76. The van der Waals surface area contributed by atoms with Gasteiger partial charge in [0.2, 0.25) is 15.9 Å². The van der Waals surface area contributed by atoms with Crippen molar-refractivity contribution in [2.45, 2.75) is 36.2 Å². The molecule has 140 valence electrons. The Kier molecular flexibility index (Phi) is 5.94. The maximum Gasteiger partial charge on any atom is 0.241 e. The second kappa shape index (κ2) is 7.80. The van der Waals surface area contributed by atoms with Gasteiger partial charge in [-0.2, -0.15) is 10.2 Å². The minimum atomic E-state index is -4.20. The van der Waals surface area contributed by atoms with E-state index in [-0.39, 0.29) is 12.0 Å². The van der Waals surface area contributed by atoms with Gasteiger partial charge in [-0.1, -0.05) is 0 Å². The third kappa shape index (κ3) is 5.00. The number of carbonyl (C=O) groups excluding carboxylic acids is 1. The molecule has 0 unspecified atom stereocenters. The van der Waals surface area contributed by atoms with Gasteiger partial charge < -0.3 is 10.1 Å². The van der Waals surface area contributed by atoms with Crippen LogP contribution < -0.4 is 15.2 Å². The summed E-state index contributed by atoms with van der Waals surface area (Å²) in [4.78, 5) is 11.5. The van der Waals surface area contributed by atoms with Crippen LogP contribution in [0, 0.1) is 18.2 Å². The maximum atomic E-state index is 14.0. The highest BCUT2D eigenvalue weighted by molar-refractivity contribution is 7.89. The van der Waals surface area contributed by atoms with Crippen LogP contribution in [0.15, 0.2) is 27.3 Å². The van der Waals surface area contributed by atoms with E-state index in [9.17, 15) is 17.6 Å². The highest BCUT2D eigenvalue weighted by Crippen LogP contribution is 2.36. The van der Waals surface area contributed by atoms with E-state index in [1.165, 1.54) is 0 Å². The number of methoxy groups -OCH3 is 1. The van der Waals surface area contributed by atoms with Crippen molar-refractivity contribution in [1.82, 2.24) is 5.32 Å². The summed E-state index contributed by atoms with van der Waals surface area (Å²) in [6, 6.07) is 2.16. The Morgan fingerprint density at radius 3 is 2.65 bits per heavy atom. The van der Waals surface area contributed by atoms with Crippen molar-refractivity contribution in [3.05, 3.63) is 23.5 Å². The van der Waals surface area contributed by atoms with Crippen LogP contribution in [0.5, 0.6) is 5.75 Å². The molecule has 0 bridgehead atoms. The molecular formula is C16H19FN4O4S. The average molecular weight is 382 g/mol. The molecule has 0 aromatic heterocycles. The Labute approximate surface area is 151 Å². The fourth-order valence-electron chi connectivity index (χ4n) is 2.45. The van der Waals surface area contributed by atoms with Crippen LogP contribution >= 0.6 is 0 Å². The average Bonchev–Trinajstić information content (AvgIpc) is 3.32. The molecule has 0 saturated heterocycles. The predicted octanol–water partition coefficient (Wildman–Crippen LogP) is 1.11. The molecular weight excluding hydrogens is 363 g/mol. The molecule has 2 rings (SSSR count). The molecule has 10 heteroatoms. The molecule has 26 heavy (non-hydrogen) atoms. The van der Waals surface area contributed by atoms with Gasteiger partial charge in [0, 0.05) is 25.8 Å². The molecule has 3 N–H and O–H groups in total. The van der Waals surface area contributed by atoms with Gasteiger partial charge in [0.15, 0.2) is 17.2 Å². The number of nitrogens with one attached hydrogen (secondary N) is 1. The number of sulfonamides is 1. The van der Waals surface area contributed by atoms with Gasteiger partial charge in [0.1, 0.15) is 4.90 Å². The Balaban J connectivity index is 1.97. The molecule has 1 heterocycles. The monoisotopic (exact) mass is 382 g/mol. The Morgan fingerprint density at radius 2 is 2.12 bits per heavy atom. The number of amides is 1. The number of nitrogens with zero attached hydrogens (tertiary/aromatic N) is 2. The largest absolute Gasteiger partial charge is 0.492 e. The zero-order chi connectivity index (χ0) is 19.4. The number of halogens is 1. The zero-order valence-electron chi connectivity index (χ0n) is 14.2. The Morgan fingerprint density at radius 1 is 1.42 bits per heavy atom. The standard InChI is InChI=1S/C16H19FN4O4S/c1-3-4-5-16(20-21-16)6-7-19-14(22)10-11-8-12(17)15(25-2)13(9-11)26(18,23)24/h1,8-9H,4-7,10H2,2H3,(H,19,22)(H2,18,23,24). The number of primary sulfonamides is 1. The minimum absolute atomic E-state index is 0.160. The van der Waals surface area contributed by atoms with Gasteiger partial charge >= 0.3 is 0 Å². The first-order chi connectivity index (χ1) is 12.2. The highest BCUT2D eigenvalue weighted by atomic mass is 32.2. The quantitative estimate of drug-likeness (QED) is 0.621. The number of hydrogen-bond donors (Lipinski definition) is 2. The van der Waals surface area contributed by atoms with Crippen molar-refractivity contribution in [1.29, 1.82) is 0 Å². The van der Waals surface area contributed by atoms with E-state index < -0.39 is 38.1 Å². The van der Waals surface area contributed by atoms with Crippen molar-refractivity contribution in [2.24, 2.45) is 15.4 Å². The van der Waals surface area contributed by atoms with Crippen LogP contribution in [-0.4, -0.2) is 33.6 Å². The van der Waals surface area contributed by atoms with E-state index in [1.807, 2.05) is 0 Å². The first kappa shape index (κ1) is 19.8. The summed E-state index contributed by atoms with van der Waals surface area (Å²) < 4.78 is 41.9. The van der Waals surface area contributed by atoms with Crippen LogP contribution in [0.3, 0.4) is 0 Å². The Bertz CT molecular complexity index is 871. The normalized spacial score (nSPS) is 14.5. The van der Waals surface area contributed by atoms with Crippen molar-refractivity contribution in [2.75, 3.05) is 13.7 Å². The van der Waals surface area contributed by atoms with Gasteiger partial charge in [0.05, 0.1) is 13.5 Å². The molecule has 1 aromatic rings. The van der Waals surface area contributed by atoms with Gasteiger partial charge in [-0.15, -0.1) is 12.3 Å². The van der Waals surface area contributed by atoms with Gasteiger partial charge in [-0.25, -0.2) is 17.9 Å². The lowest BCUT2D eigenvalue weighted by atomic mass is 10.0. The van der Waals surface area contributed by atoms with Crippen LogP contribution in [0.2, 0.25) is 0 Å². The van der Waals surface area contributed by atoms with E-state index in [0.717, 1.165) is 19.2 Å². The number of hydrogen-bond acceptors (Lipinski definition) is 6. The molecule has 1 aliphatic heterocycles. The molecule has 8 nitrogen and oxygen atoms in total. The lowest BCUT2D eigenvalue weighted by molar-refractivity contribution is -0.120. The van der Waals surface area contributed by atoms with Crippen molar-refractivity contribution in [3.63, 3.8) is 0 Å². The zero-order valence-corrected chi connectivity index (χ0v) is 15.0. The predicted molar refractivity (Wildman–Crippen MR) is 91.3 cm³/mol. The maximum absolute atomic E-state index is 14.0. The summed E-state index contributed by atoms with van der Waals surface area (Å²) in [6.07, 6.45) is 6.68. The molecule has 0 atom stereocenters. The topological polar surface area (TPSA) is 123 Å². The van der Waals surface area contributed by atoms with Crippen molar-refractivity contribution >= 4 is 15.9 Å². The smallest absolute Gasteiger partial charge is 0.241 e. The summed E-state index contributed by atoms with van der Waals surface area (Å²) in [5.41, 5.74) is -0.347. The summed E-state index contributed by atoms with van der Waals surface area (Å²) in [6.45, 7) is 0.317. The molecule has 0 aliphatic carbocycles. The van der Waals surface area contributed by atoms with E-state index >= 15 is 0 Å². The third-order valence-electron chi connectivity index (χ3n) is 3.84. The number of carbonyl (C=O) groups is 1. The molecule has 1 aromatic carbocycles. The SMILES string of the molecule is C#CCCC1(CCNC(=O)Cc2cc(F)c(OC)c(S(N)(=O)=O)c2)N=N1. The second-order valence-electron chi connectivity index (χ2n) is 5.82. The van der Waals surface area contributed by atoms with E-state index in [4.69, 9.17) is 16.3 Å².